The summed E-state index contributed by atoms with van der Waals surface area (Å²) in [6, 6.07) is 8.42. The van der Waals surface area contributed by atoms with Crippen molar-refractivity contribution in [3.05, 3.63) is 63.7 Å². The molecule has 0 aromatic heterocycles. The smallest absolute Gasteiger partial charge is 0.508 e. The van der Waals surface area contributed by atoms with Gasteiger partial charge in [0, 0.05) is 32.2 Å². The number of nitrogens with one attached hydrogen (secondary N) is 1. The minimum absolute atomic E-state index is 0. The lowest BCUT2D eigenvalue weighted by molar-refractivity contribution is -0.385. The number of halogens is 5. The molecule has 1 fully saturated rings. The lowest BCUT2D eigenvalue weighted by atomic mass is 9.94. The summed E-state index contributed by atoms with van der Waals surface area (Å²) >= 11 is 0. The molecular weight excluding hydrogens is 450 g/mol. The molecule has 1 aliphatic rings. The van der Waals surface area contributed by atoms with Gasteiger partial charge in [0.25, 0.3) is 5.69 Å². The molecule has 0 spiro atoms. The number of aromatic hydroxyl groups is 1. The largest absolute Gasteiger partial charge is 0.573 e. The number of ether oxygens (including phenoxy) is 1. The summed E-state index contributed by atoms with van der Waals surface area (Å²) in [6.07, 6.45) is -4.80. The molecule has 1 heterocycles. The molecule has 0 radical (unpaired) electrons. The van der Waals surface area contributed by atoms with Crippen molar-refractivity contribution >= 4 is 30.5 Å². The summed E-state index contributed by atoms with van der Waals surface area (Å²) < 4.78 is 41.1. The molecule has 1 atom stereocenters. The average Bonchev–Trinajstić information content (AvgIpc) is 2.63. The Hall–Kier alpha value is -2.27. The van der Waals surface area contributed by atoms with Crippen LogP contribution in [-0.4, -0.2) is 47.5 Å². The van der Waals surface area contributed by atoms with Crippen LogP contribution in [0.25, 0.3) is 0 Å². The summed E-state index contributed by atoms with van der Waals surface area (Å²) in [5.41, 5.74) is 0.665. The maximum absolute atomic E-state index is 12.4. The second-order valence-corrected chi connectivity index (χ2v) is 6.31. The summed E-state index contributed by atoms with van der Waals surface area (Å²) in [5.74, 6) is -0.501. The van der Waals surface area contributed by atoms with Crippen molar-refractivity contribution < 1.29 is 27.9 Å². The molecule has 3 rings (SSSR count). The first-order valence-corrected chi connectivity index (χ1v) is 8.52. The maximum atomic E-state index is 12.4. The molecule has 12 heteroatoms. The summed E-state index contributed by atoms with van der Waals surface area (Å²) in [7, 11) is 0. The molecule has 0 aliphatic carbocycles. The predicted molar refractivity (Wildman–Crippen MR) is 109 cm³/mol. The van der Waals surface area contributed by atoms with Gasteiger partial charge in [-0.15, -0.1) is 38.0 Å². The number of hydrogen-bond acceptors (Lipinski definition) is 6. The van der Waals surface area contributed by atoms with Gasteiger partial charge >= 0.3 is 6.36 Å². The van der Waals surface area contributed by atoms with Crippen LogP contribution in [-0.2, 0) is 0 Å². The Morgan fingerprint density at radius 3 is 2.23 bits per heavy atom. The highest BCUT2D eigenvalue weighted by molar-refractivity contribution is 5.85. The van der Waals surface area contributed by atoms with Crippen LogP contribution >= 0.6 is 24.8 Å². The van der Waals surface area contributed by atoms with E-state index < -0.39 is 17.3 Å². The van der Waals surface area contributed by atoms with Gasteiger partial charge in [-0.05, 0) is 29.8 Å². The summed E-state index contributed by atoms with van der Waals surface area (Å²) in [6.45, 7) is 2.49. The molecule has 166 valence electrons. The molecule has 1 saturated heterocycles. The normalized spacial score (nSPS) is 15.4. The van der Waals surface area contributed by atoms with E-state index in [1.165, 1.54) is 42.5 Å². The van der Waals surface area contributed by atoms with Gasteiger partial charge in [0.05, 0.1) is 16.5 Å². The molecule has 7 nitrogen and oxygen atoms in total. The van der Waals surface area contributed by atoms with Crippen LogP contribution in [0.4, 0.5) is 18.9 Å². The van der Waals surface area contributed by atoms with E-state index in [-0.39, 0.29) is 47.6 Å². The maximum Gasteiger partial charge on any atom is 0.573 e. The number of benzene rings is 2. The predicted octanol–water partition coefficient (Wildman–Crippen LogP) is 4.04. The highest BCUT2D eigenvalue weighted by atomic mass is 35.5. The van der Waals surface area contributed by atoms with Crippen LogP contribution in [0.5, 0.6) is 11.5 Å². The zero-order chi connectivity index (χ0) is 20.3. The zero-order valence-electron chi connectivity index (χ0n) is 15.5. The van der Waals surface area contributed by atoms with Gasteiger partial charge in [-0.1, -0.05) is 12.1 Å². The van der Waals surface area contributed by atoms with Crippen molar-refractivity contribution in [3.8, 4) is 11.5 Å². The number of nitrogens with zero attached hydrogens (tertiary/aromatic N) is 2. The SMILES string of the molecule is Cl.Cl.O=[N+]([O-])c1ccc(O)cc1[C@@H](c1ccc(OC(F)(F)F)cc1)N1CCNCC1. The second kappa shape index (κ2) is 10.7. The fraction of sp³-hybridized carbons (Fsp3) is 0.333. The Bertz CT molecular complexity index is 848. The van der Waals surface area contributed by atoms with Crippen LogP contribution in [0.2, 0.25) is 0 Å². The van der Waals surface area contributed by atoms with E-state index in [0.717, 1.165) is 0 Å². The monoisotopic (exact) mass is 469 g/mol. The number of alkyl halides is 3. The van der Waals surface area contributed by atoms with Crippen molar-refractivity contribution in [2.75, 3.05) is 26.2 Å². The number of phenols is 1. The first-order valence-electron chi connectivity index (χ1n) is 8.52. The van der Waals surface area contributed by atoms with E-state index in [4.69, 9.17) is 0 Å². The van der Waals surface area contributed by atoms with Crippen molar-refractivity contribution in [2.24, 2.45) is 0 Å². The van der Waals surface area contributed by atoms with Crippen LogP contribution in [0.3, 0.4) is 0 Å². The molecule has 0 saturated carbocycles. The number of nitro groups is 1. The lowest BCUT2D eigenvalue weighted by Crippen LogP contribution is -2.45. The Balaban J connectivity index is 0.00000225. The number of hydrogen-bond donors (Lipinski definition) is 2. The number of piperazine rings is 1. The second-order valence-electron chi connectivity index (χ2n) is 6.31. The summed E-state index contributed by atoms with van der Waals surface area (Å²) in [5, 5.41) is 24.6. The minimum Gasteiger partial charge on any atom is -0.508 e. The molecule has 2 aromatic carbocycles. The molecule has 0 unspecified atom stereocenters. The van der Waals surface area contributed by atoms with E-state index in [9.17, 15) is 28.4 Å². The Labute approximate surface area is 182 Å². The average molecular weight is 470 g/mol. The highest BCUT2D eigenvalue weighted by Gasteiger charge is 2.32. The number of rotatable bonds is 5. The zero-order valence-corrected chi connectivity index (χ0v) is 17.1. The van der Waals surface area contributed by atoms with Crippen molar-refractivity contribution in [3.63, 3.8) is 0 Å². The molecule has 30 heavy (non-hydrogen) atoms. The molecule has 0 amide bonds. The van der Waals surface area contributed by atoms with Gasteiger partial charge in [-0.2, -0.15) is 0 Å². The third-order valence-corrected chi connectivity index (χ3v) is 4.45. The van der Waals surface area contributed by atoms with Gasteiger partial charge in [-0.25, -0.2) is 0 Å². The molecule has 2 aromatic rings. The molecule has 0 bridgehead atoms. The fourth-order valence-electron chi connectivity index (χ4n) is 3.31. The van der Waals surface area contributed by atoms with E-state index >= 15 is 0 Å². The summed E-state index contributed by atoms with van der Waals surface area (Å²) in [4.78, 5) is 13.0. The third kappa shape index (κ3) is 6.36. The third-order valence-electron chi connectivity index (χ3n) is 4.45. The Morgan fingerprint density at radius 2 is 1.70 bits per heavy atom. The van der Waals surface area contributed by atoms with Crippen LogP contribution < -0.4 is 10.1 Å². The van der Waals surface area contributed by atoms with Gasteiger partial charge < -0.3 is 15.2 Å². The Morgan fingerprint density at radius 1 is 1.10 bits per heavy atom. The highest BCUT2D eigenvalue weighted by Crippen LogP contribution is 2.37. The fourth-order valence-corrected chi connectivity index (χ4v) is 3.31. The van der Waals surface area contributed by atoms with Gasteiger partial charge in [0.15, 0.2) is 0 Å². The van der Waals surface area contributed by atoms with Crippen LogP contribution in [0, 0.1) is 10.1 Å². The quantitative estimate of drug-likeness (QED) is 0.507. The topological polar surface area (TPSA) is 87.9 Å². The number of phenolic OH excluding ortho intramolecular Hbond substituents is 1. The van der Waals surface area contributed by atoms with Crippen molar-refractivity contribution in [2.45, 2.75) is 12.4 Å². The molecular formula is C18H20Cl2F3N3O4. The standard InChI is InChI=1S/C18H18F3N3O4.2ClH/c19-18(20,21)28-14-4-1-12(2-5-14)17(23-9-7-22-8-10-23)15-11-13(25)3-6-16(15)24(26)27;;/h1-6,11,17,22,25H,7-10H2;2*1H/t17-;;/m1../s1. The van der Waals surface area contributed by atoms with Crippen LogP contribution in [0.1, 0.15) is 17.2 Å². The minimum atomic E-state index is -4.80. The van der Waals surface area contributed by atoms with Gasteiger partial charge in [-0.3, -0.25) is 15.0 Å². The van der Waals surface area contributed by atoms with E-state index in [1.807, 2.05) is 4.90 Å². The first-order chi connectivity index (χ1) is 13.2. The van der Waals surface area contributed by atoms with Gasteiger partial charge in [0.1, 0.15) is 11.5 Å². The molecule has 1 aliphatic heterocycles. The molecule has 2 N–H and O–H groups in total. The van der Waals surface area contributed by atoms with E-state index in [2.05, 4.69) is 10.1 Å². The van der Waals surface area contributed by atoms with Crippen molar-refractivity contribution in [1.29, 1.82) is 0 Å². The lowest BCUT2D eigenvalue weighted by Gasteiger charge is -2.35. The van der Waals surface area contributed by atoms with E-state index in [0.29, 0.717) is 31.7 Å². The number of nitro benzene ring substituents is 1. The first kappa shape index (κ1) is 25.8. The van der Waals surface area contributed by atoms with E-state index in [1.54, 1.807) is 0 Å². The Kier molecular flexibility index (Phi) is 9.16. The van der Waals surface area contributed by atoms with Gasteiger partial charge in [0.2, 0.25) is 0 Å². The van der Waals surface area contributed by atoms with Crippen molar-refractivity contribution in [1.82, 2.24) is 10.2 Å². The van der Waals surface area contributed by atoms with Crippen LogP contribution in [0.15, 0.2) is 42.5 Å².